The molecule has 1 aliphatic heterocycles. The van der Waals surface area contributed by atoms with E-state index in [9.17, 15) is 0 Å². The van der Waals surface area contributed by atoms with Crippen LogP contribution in [0, 0.1) is 0 Å². The minimum Gasteiger partial charge on any atom is -0.497 e. The van der Waals surface area contributed by atoms with Crippen molar-refractivity contribution < 1.29 is 9.47 Å². The molecule has 1 unspecified atom stereocenters. The molecule has 1 aromatic heterocycles. The van der Waals surface area contributed by atoms with Crippen LogP contribution in [0.2, 0.25) is 0 Å². The third-order valence-corrected chi connectivity index (χ3v) is 5.47. The molecule has 32 heavy (non-hydrogen) atoms. The summed E-state index contributed by atoms with van der Waals surface area (Å²) in [4.78, 5) is 13.8. The van der Waals surface area contributed by atoms with E-state index >= 15 is 0 Å². The molecule has 2 heterocycles. The van der Waals surface area contributed by atoms with Crippen LogP contribution >= 0.6 is 0 Å². The first-order chi connectivity index (χ1) is 15.5. The Kier molecular flexibility index (Phi) is 8.56. The number of hydrogen-bond donors (Lipinski definition) is 2. The zero-order valence-electron chi connectivity index (χ0n) is 19.9. The highest BCUT2D eigenvalue weighted by atomic mass is 16.5. The Morgan fingerprint density at radius 2 is 1.97 bits per heavy atom. The fraction of sp³-hybridized carbons (Fsp3) is 0.500. The highest BCUT2D eigenvalue weighted by Crippen LogP contribution is 2.24. The number of hydrogen-bond acceptors (Lipinski definition) is 6. The average molecular weight is 441 g/mol. The molecule has 1 fully saturated rings. The van der Waals surface area contributed by atoms with E-state index in [1.165, 1.54) is 5.56 Å². The molecule has 0 radical (unpaired) electrons. The molecule has 1 atom stereocenters. The molecule has 2 N–H and O–H groups in total. The molecule has 0 bridgehead atoms. The average Bonchev–Trinajstić information content (AvgIpc) is 3.23. The first-order valence-electron chi connectivity index (χ1n) is 11.1. The van der Waals surface area contributed by atoms with Crippen molar-refractivity contribution in [1.82, 2.24) is 20.5 Å². The van der Waals surface area contributed by atoms with Gasteiger partial charge < -0.3 is 25.0 Å². The Morgan fingerprint density at radius 1 is 1.22 bits per heavy atom. The predicted molar refractivity (Wildman–Crippen MR) is 130 cm³/mol. The van der Waals surface area contributed by atoms with Gasteiger partial charge in [-0.1, -0.05) is 6.07 Å². The van der Waals surface area contributed by atoms with E-state index in [2.05, 4.69) is 45.6 Å². The van der Waals surface area contributed by atoms with Gasteiger partial charge in [0, 0.05) is 64.1 Å². The molecule has 1 aliphatic rings. The van der Waals surface area contributed by atoms with E-state index in [1.807, 2.05) is 37.3 Å². The summed E-state index contributed by atoms with van der Waals surface area (Å²) in [6.07, 6.45) is 2.89. The van der Waals surface area contributed by atoms with Crippen molar-refractivity contribution >= 4 is 11.8 Å². The molecule has 8 heteroatoms. The van der Waals surface area contributed by atoms with Crippen molar-refractivity contribution in [1.29, 1.82) is 0 Å². The minimum atomic E-state index is 0.350. The third kappa shape index (κ3) is 6.50. The van der Waals surface area contributed by atoms with Crippen molar-refractivity contribution in [2.24, 2.45) is 4.99 Å². The quantitative estimate of drug-likeness (QED) is 0.458. The van der Waals surface area contributed by atoms with E-state index in [4.69, 9.17) is 14.5 Å². The summed E-state index contributed by atoms with van der Waals surface area (Å²) >= 11 is 0. The first kappa shape index (κ1) is 23.7. The Labute approximate surface area is 191 Å². The van der Waals surface area contributed by atoms with E-state index < -0.39 is 0 Å². The molecule has 0 spiro atoms. The normalized spacial score (nSPS) is 16.7. The lowest BCUT2D eigenvalue weighted by Crippen LogP contribution is -2.44. The number of ether oxygens (including phenoxy) is 2. The van der Waals surface area contributed by atoms with E-state index in [0.717, 1.165) is 61.4 Å². The SMILES string of the molecule is CCNC(=NCc1cccnc1N(C)C)NC1CCN(Cc2cc(OC)cc(OC)c2)C1. The molecule has 174 valence electrons. The summed E-state index contributed by atoms with van der Waals surface area (Å²) in [5.41, 5.74) is 2.30. The predicted octanol–water partition coefficient (Wildman–Crippen LogP) is 2.49. The van der Waals surface area contributed by atoms with Gasteiger partial charge in [-0.3, -0.25) is 4.90 Å². The third-order valence-electron chi connectivity index (χ3n) is 5.47. The molecule has 3 rings (SSSR count). The molecular formula is C24H36N6O2. The van der Waals surface area contributed by atoms with Crippen LogP contribution < -0.4 is 25.0 Å². The van der Waals surface area contributed by atoms with Gasteiger partial charge >= 0.3 is 0 Å². The maximum atomic E-state index is 5.41. The lowest BCUT2D eigenvalue weighted by Gasteiger charge is -2.20. The number of rotatable bonds is 9. The highest BCUT2D eigenvalue weighted by molar-refractivity contribution is 5.80. The fourth-order valence-electron chi connectivity index (χ4n) is 3.94. The van der Waals surface area contributed by atoms with Crippen molar-refractivity contribution in [2.75, 3.05) is 52.8 Å². The summed E-state index contributed by atoms with van der Waals surface area (Å²) in [5, 5.41) is 6.99. The van der Waals surface area contributed by atoms with Gasteiger partial charge in [0.2, 0.25) is 0 Å². The van der Waals surface area contributed by atoms with Gasteiger partial charge in [0.05, 0.1) is 20.8 Å². The van der Waals surface area contributed by atoms with E-state index in [1.54, 1.807) is 14.2 Å². The smallest absolute Gasteiger partial charge is 0.191 e. The van der Waals surface area contributed by atoms with Crippen LogP contribution in [0.5, 0.6) is 11.5 Å². The van der Waals surface area contributed by atoms with Crippen LogP contribution in [0.15, 0.2) is 41.5 Å². The fourth-order valence-corrected chi connectivity index (χ4v) is 3.94. The molecule has 8 nitrogen and oxygen atoms in total. The number of guanidine groups is 1. The summed E-state index contributed by atoms with van der Waals surface area (Å²) in [7, 11) is 7.37. The molecule has 0 saturated carbocycles. The molecule has 2 aromatic rings. The zero-order valence-corrected chi connectivity index (χ0v) is 19.9. The van der Waals surface area contributed by atoms with Crippen molar-refractivity contribution in [3.8, 4) is 11.5 Å². The summed E-state index contributed by atoms with van der Waals surface area (Å²) in [5.74, 6) is 3.44. The van der Waals surface area contributed by atoms with Gasteiger partial charge in [-0.25, -0.2) is 9.98 Å². The second-order valence-electron chi connectivity index (χ2n) is 8.16. The Hall–Kier alpha value is -3.00. The second kappa shape index (κ2) is 11.6. The maximum absolute atomic E-state index is 5.41. The number of anilines is 1. The van der Waals surface area contributed by atoms with Crippen LogP contribution in [0.3, 0.4) is 0 Å². The van der Waals surface area contributed by atoms with Crippen molar-refractivity contribution in [3.63, 3.8) is 0 Å². The van der Waals surface area contributed by atoms with Gasteiger partial charge in [0.1, 0.15) is 17.3 Å². The number of nitrogens with one attached hydrogen (secondary N) is 2. The van der Waals surface area contributed by atoms with Crippen LogP contribution in [-0.2, 0) is 13.1 Å². The van der Waals surface area contributed by atoms with Crippen LogP contribution in [-0.4, -0.2) is 69.8 Å². The Bertz CT molecular complexity index is 880. The Balaban J connectivity index is 1.60. The number of methoxy groups -OCH3 is 2. The summed E-state index contributed by atoms with van der Waals surface area (Å²) in [6, 6.07) is 10.4. The zero-order chi connectivity index (χ0) is 22.9. The number of pyridine rings is 1. The van der Waals surface area contributed by atoms with Crippen LogP contribution in [0.1, 0.15) is 24.5 Å². The lowest BCUT2D eigenvalue weighted by atomic mass is 10.2. The number of aromatic nitrogens is 1. The standard InChI is InChI=1S/C24H36N6O2/c1-6-25-24(27-15-19-8-7-10-26-23(19)29(2)3)28-20-9-11-30(17-20)16-18-12-21(31-4)14-22(13-18)32-5/h7-8,10,12-14,20H,6,9,11,15-17H2,1-5H3,(H2,25,27,28). The molecular weight excluding hydrogens is 404 g/mol. The van der Waals surface area contributed by atoms with Gasteiger partial charge in [-0.05, 0) is 37.1 Å². The van der Waals surface area contributed by atoms with Crippen LogP contribution in [0.25, 0.3) is 0 Å². The van der Waals surface area contributed by atoms with Gasteiger partial charge in [0.15, 0.2) is 5.96 Å². The summed E-state index contributed by atoms with van der Waals surface area (Å²) in [6.45, 7) is 6.34. The second-order valence-corrected chi connectivity index (χ2v) is 8.16. The molecule has 0 aliphatic carbocycles. The number of aliphatic imine (C=N–C) groups is 1. The molecule has 1 aromatic carbocycles. The number of benzene rings is 1. The van der Waals surface area contributed by atoms with Crippen LogP contribution in [0.4, 0.5) is 5.82 Å². The molecule has 1 saturated heterocycles. The monoisotopic (exact) mass is 440 g/mol. The van der Waals surface area contributed by atoms with Gasteiger partial charge in [-0.2, -0.15) is 0 Å². The van der Waals surface area contributed by atoms with E-state index in [0.29, 0.717) is 12.6 Å². The minimum absolute atomic E-state index is 0.350. The Morgan fingerprint density at radius 3 is 2.62 bits per heavy atom. The lowest BCUT2D eigenvalue weighted by molar-refractivity contribution is 0.321. The maximum Gasteiger partial charge on any atom is 0.191 e. The van der Waals surface area contributed by atoms with Gasteiger partial charge in [-0.15, -0.1) is 0 Å². The van der Waals surface area contributed by atoms with Crippen molar-refractivity contribution in [2.45, 2.75) is 32.5 Å². The molecule has 0 amide bonds. The highest BCUT2D eigenvalue weighted by Gasteiger charge is 2.23. The summed E-state index contributed by atoms with van der Waals surface area (Å²) < 4.78 is 10.8. The van der Waals surface area contributed by atoms with Crippen molar-refractivity contribution in [3.05, 3.63) is 47.7 Å². The first-order valence-corrected chi connectivity index (χ1v) is 11.1. The largest absolute Gasteiger partial charge is 0.497 e. The topological polar surface area (TPSA) is 74.3 Å². The van der Waals surface area contributed by atoms with E-state index in [-0.39, 0.29) is 0 Å². The van der Waals surface area contributed by atoms with Gasteiger partial charge in [0.25, 0.3) is 0 Å². The number of nitrogens with zero attached hydrogens (tertiary/aromatic N) is 4. The number of likely N-dealkylation sites (tertiary alicyclic amines) is 1.